The Bertz CT molecular complexity index is 314. The van der Waals surface area contributed by atoms with Crippen LogP contribution < -0.4 is 5.32 Å². The minimum Gasteiger partial charge on any atom is -0.390 e. The summed E-state index contributed by atoms with van der Waals surface area (Å²) in [5.74, 6) is 0. The molecule has 0 aromatic carbocycles. The predicted molar refractivity (Wildman–Crippen MR) is 90.6 cm³/mol. The average Bonchev–Trinajstić information content (AvgIpc) is 2.89. The van der Waals surface area contributed by atoms with Crippen LogP contribution in [0.25, 0.3) is 0 Å². The van der Waals surface area contributed by atoms with Crippen LogP contribution in [0.3, 0.4) is 0 Å². The quantitative estimate of drug-likeness (QED) is 0.325. The third-order valence-electron chi connectivity index (χ3n) is 4.64. The lowest BCUT2D eigenvalue weighted by Crippen LogP contribution is -2.54. The largest absolute Gasteiger partial charge is 0.390 e. The van der Waals surface area contributed by atoms with Gasteiger partial charge in [-0.2, -0.15) is 0 Å². The standard InChI is InChI=1S/C18H35N2O/c1-3-5-6-7-8-9-10-11-12-13-18-19-14-15-20(18,4-2)16-17-21/h5-6,14-15,18-19,21H,3-4,7-13,16-17H2,1-2H3/q+1/b6-5+. The van der Waals surface area contributed by atoms with Crippen LogP contribution >= 0.6 is 0 Å². The van der Waals surface area contributed by atoms with Gasteiger partial charge in [0.05, 0.1) is 19.4 Å². The van der Waals surface area contributed by atoms with Crippen LogP contribution in [0.2, 0.25) is 0 Å². The van der Waals surface area contributed by atoms with Crippen LogP contribution in [0.1, 0.15) is 65.2 Å². The van der Waals surface area contributed by atoms with Crippen molar-refractivity contribution in [3.63, 3.8) is 0 Å². The molecule has 1 aliphatic heterocycles. The van der Waals surface area contributed by atoms with E-state index in [1.54, 1.807) is 0 Å². The minimum atomic E-state index is 0.266. The third kappa shape index (κ3) is 6.23. The molecular formula is C18H35N2O+. The monoisotopic (exact) mass is 295 g/mol. The first-order chi connectivity index (χ1) is 10.3. The lowest BCUT2D eigenvalue weighted by atomic mass is 10.1. The van der Waals surface area contributed by atoms with Gasteiger partial charge in [0.15, 0.2) is 6.17 Å². The van der Waals surface area contributed by atoms with E-state index in [0.29, 0.717) is 6.17 Å². The van der Waals surface area contributed by atoms with Crippen molar-refractivity contribution in [1.29, 1.82) is 0 Å². The highest BCUT2D eigenvalue weighted by Gasteiger charge is 2.35. The van der Waals surface area contributed by atoms with Crippen molar-refractivity contribution in [3.05, 3.63) is 24.6 Å². The number of allylic oxidation sites excluding steroid dienone is 2. The summed E-state index contributed by atoms with van der Waals surface area (Å²) in [6, 6.07) is 0. The SMILES string of the molecule is CC/C=C/CCCCCCCC1NC=C[N+]1(CC)CCO. The van der Waals surface area contributed by atoms with E-state index in [-0.39, 0.29) is 6.61 Å². The van der Waals surface area contributed by atoms with E-state index in [1.165, 1.54) is 44.9 Å². The zero-order chi connectivity index (χ0) is 15.4. The van der Waals surface area contributed by atoms with Crippen LogP contribution in [0.4, 0.5) is 0 Å². The second-order valence-corrected chi connectivity index (χ2v) is 6.09. The number of quaternary nitrogens is 1. The van der Waals surface area contributed by atoms with Crippen LogP contribution in [-0.2, 0) is 0 Å². The van der Waals surface area contributed by atoms with E-state index in [9.17, 15) is 5.11 Å². The molecule has 21 heavy (non-hydrogen) atoms. The molecule has 1 rings (SSSR count). The fourth-order valence-corrected chi connectivity index (χ4v) is 3.21. The first-order valence-corrected chi connectivity index (χ1v) is 8.85. The molecule has 122 valence electrons. The minimum absolute atomic E-state index is 0.266. The summed E-state index contributed by atoms with van der Waals surface area (Å²) in [6.45, 7) is 6.55. The van der Waals surface area contributed by atoms with Gasteiger partial charge in [0, 0.05) is 6.42 Å². The number of aliphatic hydroxyl groups is 1. The van der Waals surface area contributed by atoms with Gasteiger partial charge < -0.3 is 10.4 Å². The zero-order valence-corrected chi connectivity index (χ0v) is 14.1. The molecule has 0 aliphatic carbocycles. The molecule has 2 atom stereocenters. The fraction of sp³-hybridized carbons (Fsp3) is 0.778. The number of unbranched alkanes of at least 4 members (excludes halogenated alkanes) is 5. The molecule has 0 amide bonds. The predicted octanol–water partition coefficient (Wildman–Crippen LogP) is 3.91. The molecule has 0 aromatic heterocycles. The Morgan fingerprint density at radius 3 is 2.57 bits per heavy atom. The number of hydrogen-bond donors (Lipinski definition) is 2. The van der Waals surface area contributed by atoms with Gasteiger partial charge in [-0.25, -0.2) is 0 Å². The van der Waals surface area contributed by atoms with Crippen molar-refractivity contribution in [2.75, 3.05) is 19.7 Å². The smallest absolute Gasteiger partial charge is 0.166 e. The molecule has 3 nitrogen and oxygen atoms in total. The van der Waals surface area contributed by atoms with Gasteiger partial charge in [0.25, 0.3) is 0 Å². The summed E-state index contributed by atoms with van der Waals surface area (Å²) in [4.78, 5) is 0. The van der Waals surface area contributed by atoms with Crippen molar-refractivity contribution in [1.82, 2.24) is 5.32 Å². The number of hydrogen-bond acceptors (Lipinski definition) is 2. The van der Waals surface area contributed by atoms with Crippen LogP contribution in [0, 0.1) is 0 Å². The first kappa shape index (κ1) is 18.2. The summed E-state index contributed by atoms with van der Waals surface area (Å²) >= 11 is 0. The molecular weight excluding hydrogens is 260 g/mol. The highest BCUT2D eigenvalue weighted by molar-refractivity contribution is 4.84. The molecule has 3 heteroatoms. The van der Waals surface area contributed by atoms with E-state index in [1.807, 2.05) is 0 Å². The Morgan fingerprint density at radius 1 is 1.10 bits per heavy atom. The maximum Gasteiger partial charge on any atom is 0.166 e. The van der Waals surface area contributed by atoms with Crippen LogP contribution in [-0.4, -0.2) is 35.5 Å². The normalized spacial score (nSPS) is 24.8. The topological polar surface area (TPSA) is 32.3 Å². The molecule has 0 fully saturated rings. The van der Waals surface area contributed by atoms with Gasteiger partial charge in [-0.3, -0.25) is 4.48 Å². The molecule has 1 heterocycles. The average molecular weight is 295 g/mol. The lowest BCUT2D eigenvalue weighted by molar-refractivity contribution is -0.900. The molecule has 2 N–H and O–H groups in total. The number of rotatable bonds is 12. The Kier molecular flexibility index (Phi) is 9.44. The highest BCUT2D eigenvalue weighted by atomic mass is 16.3. The number of nitrogens with zero attached hydrogens (tertiary/aromatic N) is 1. The summed E-state index contributed by atoms with van der Waals surface area (Å²) in [7, 11) is 0. The first-order valence-electron chi connectivity index (χ1n) is 8.85. The molecule has 0 bridgehead atoms. The molecule has 0 spiro atoms. The molecule has 0 saturated heterocycles. The zero-order valence-electron chi connectivity index (χ0n) is 14.1. The van der Waals surface area contributed by atoms with Crippen molar-refractivity contribution in [2.24, 2.45) is 0 Å². The number of nitrogens with one attached hydrogen (secondary N) is 1. The number of likely N-dealkylation sites (N-methyl/N-ethyl adjacent to an activating group) is 1. The van der Waals surface area contributed by atoms with E-state index in [4.69, 9.17) is 0 Å². The fourth-order valence-electron chi connectivity index (χ4n) is 3.21. The second kappa shape index (κ2) is 10.9. The van der Waals surface area contributed by atoms with Crippen molar-refractivity contribution in [2.45, 2.75) is 71.4 Å². The molecule has 2 unspecified atom stereocenters. The lowest BCUT2D eigenvalue weighted by Gasteiger charge is -2.36. The number of aliphatic hydroxyl groups excluding tert-OH is 1. The maximum atomic E-state index is 9.29. The Labute approximate surface area is 131 Å². The summed E-state index contributed by atoms with van der Waals surface area (Å²) in [5.41, 5.74) is 0. The highest BCUT2D eigenvalue weighted by Crippen LogP contribution is 2.22. The van der Waals surface area contributed by atoms with Crippen LogP contribution in [0.5, 0.6) is 0 Å². The second-order valence-electron chi connectivity index (χ2n) is 6.09. The maximum absolute atomic E-state index is 9.29. The van der Waals surface area contributed by atoms with Gasteiger partial charge in [-0.05, 0) is 32.6 Å². The van der Waals surface area contributed by atoms with Gasteiger partial charge in [0.1, 0.15) is 12.7 Å². The Balaban J connectivity index is 2.11. The van der Waals surface area contributed by atoms with Gasteiger partial charge in [-0.15, -0.1) is 0 Å². The summed E-state index contributed by atoms with van der Waals surface area (Å²) in [5, 5.41) is 12.8. The molecule has 0 aromatic rings. The van der Waals surface area contributed by atoms with E-state index in [2.05, 4.69) is 43.7 Å². The molecule has 0 radical (unpaired) electrons. The Hall–Kier alpha value is -0.800. The molecule has 1 aliphatic rings. The van der Waals surface area contributed by atoms with Crippen molar-refractivity contribution in [3.8, 4) is 0 Å². The van der Waals surface area contributed by atoms with Gasteiger partial charge in [-0.1, -0.05) is 38.3 Å². The van der Waals surface area contributed by atoms with Crippen LogP contribution in [0.15, 0.2) is 24.6 Å². The van der Waals surface area contributed by atoms with Crippen molar-refractivity contribution < 1.29 is 9.59 Å². The van der Waals surface area contributed by atoms with E-state index >= 15 is 0 Å². The third-order valence-corrected chi connectivity index (χ3v) is 4.64. The summed E-state index contributed by atoms with van der Waals surface area (Å²) in [6.07, 6.45) is 19.6. The van der Waals surface area contributed by atoms with E-state index < -0.39 is 0 Å². The summed E-state index contributed by atoms with van der Waals surface area (Å²) < 4.78 is 0.901. The van der Waals surface area contributed by atoms with Gasteiger partial charge in [0.2, 0.25) is 0 Å². The van der Waals surface area contributed by atoms with Crippen molar-refractivity contribution >= 4 is 0 Å². The molecule has 0 saturated carbocycles. The van der Waals surface area contributed by atoms with E-state index in [0.717, 1.165) is 24.0 Å². The van der Waals surface area contributed by atoms with Gasteiger partial charge >= 0.3 is 0 Å². The Morgan fingerprint density at radius 2 is 1.86 bits per heavy atom.